The van der Waals surface area contributed by atoms with Crippen LogP contribution in [0.15, 0.2) is 30.3 Å². The van der Waals surface area contributed by atoms with E-state index in [-0.39, 0.29) is 29.2 Å². The molecular formula is C19H30N2O2. The predicted octanol–water partition coefficient (Wildman–Crippen LogP) is 3.78. The summed E-state index contributed by atoms with van der Waals surface area (Å²) in [6.45, 7) is 12.8. The smallest absolute Gasteiger partial charge is 0.265 e. The molecule has 0 aromatic heterocycles. The van der Waals surface area contributed by atoms with Crippen LogP contribution in [0.3, 0.4) is 0 Å². The molecule has 128 valence electrons. The summed E-state index contributed by atoms with van der Waals surface area (Å²) in [5, 5.41) is 2.11. The average Bonchev–Trinajstić information content (AvgIpc) is 2.42. The quantitative estimate of drug-likeness (QED) is 0.918. The maximum absolute atomic E-state index is 12.6. The lowest BCUT2D eigenvalue weighted by Gasteiger charge is -2.54. The molecule has 1 aliphatic heterocycles. The second kappa shape index (κ2) is 6.62. The molecule has 23 heavy (non-hydrogen) atoms. The number of hydrogen-bond donors (Lipinski definition) is 1. The Labute approximate surface area is 140 Å². The second-order valence-corrected chi connectivity index (χ2v) is 7.98. The van der Waals surface area contributed by atoms with Crippen molar-refractivity contribution in [2.75, 3.05) is 0 Å². The minimum absolute atomic E-state index is 0.0602. The number of nitrogens with one attached hydrogen (secondary N) is 1. The number of carbonyl (C=O) groups is 1. The molecule has 1 heterocycles. The van der Waals surface area contributed by atoms with Crippen LogP contribution in [0.4, 0.5) is 0 Å². The second-order valence-electron chi connectivity index (χ2n) is 7.98. The summed E-state index contributed by atoms with van der Waals surface area (Å²) in [6.07, 6.45) is 2.22. The Balaban J connectivity index is 2.16. The van der Waals surface area contributed by atoms with Crippen molar-refractivity contribution in [3.05, 3.63) is 35.9 Å². The van der Waals surface area contributed by atoms with Crippen molar-refractivity contribution in [2.24, 2.45) is 0 Å². The van der Waals surface area contributed by atoms with Crippen LogP contribution in [0, 0.1) is 0 Å². The number of rotatable bonds is 4. The van der Waals surface area contributed by atoms with Gasteiger partial charge in [-0.15, -0.1) is 0 Å². The molecule has 1 aromatic carbocycles. The van der Waals surface area contributed by atoms with Gasteiger partial charge in [-0.05, 0) is 66.5 Å². The summed E-state index contributed by atoms with van der Waals surface area (Å²) in [4.78, 5) is 12.6. The molecule has 4 heteroatoms. The summed E-state index contributed by atoms with van der Waals surface area (Å²) in [5.41, 5.74) is 3.46. The molecule has 0 bridgehead atoms. The number of amides is 1. The number of benzene rings is 1. The fraction of sp³-hybridized carbons (Fsp3) is 0.632. The number of nitrogens with zero attached hydrogens (tertiary/aromatic N) is 1. The van der Waals surface area contributed by atoms with Gasteiger partial charge in [0.25, 0.3) is 5.91 Å². The summed E-state index contributed by atoms with van der Waals surface area (Å²) in [6, 6.07) is 9.36. The molecule has 0 atom stereocenters. The normalized spacial score (nSPS) is 21.3. The van der Waals surface area contributed by atoms with Crippen LogP contribution in [0.1, 0.15) is 64.7 Å². The van der Waals surface area contributed by atoms with E-state index in [0.29, 0.717) is 5.56 Å². The first-order chi connectivity index (χ1) is 10.6. The van der Waals surface area contributed by atoms with E-state index in [1.54, 1.807) is 0 Å². The fourth-order valence-electron chi connectivity index (χ4n) is 3.73. The van der Waals surface area contributed by atoms with E-state index in [2.05, 4.69) is 52.0 Å². The molecule has 1 aliphatic rings. The summed E-state index contributed by atoms with van der Waals surface area (Å²) in [7, 11) is 0. The summed E-state index contributed by atoms with van der Waals surface area (Å²) >= 11 is 0. The predicted molar refractivity (Wildman–Crippen MR) is 93.1 cm³/mol. The molecule has 0 aliphatic carbocycles. The van der Waals surface area contributed by atoms with E-state index >= 15 is 0 Å². The Morgan fingerprint density at radius 3 is 2.13 bits per heavy atom. The molecule has 0 unspecified atom stereocenters. The lowest BCUT2D eigenvalue weighted by molar-refractivity contribution is -0.133. The first-order valence-electron chi connectivity index (χ1n) is 8.44. The van der Waals surface area contributed by atoms with Gasteiger partial charge in [0.1, 0.15) is 0 Å². The van der Waals surface area contributed by atoms with Gasteiger partial charge in [-0.3, -0.25) is 10.2 Å². The van der Waals surface area contributed by atoms with Gasteiger partial charge in [0, 0.05) is 16.6 Å². The number of hydrazine groups is 1. The highest BCUT2D eigenvalue weighted by Crippen LogP contribution is 2.38. The Kier molecular flexibility index (Phi) is 5.17. The first kappa shape index (κ1) is 18.0. The van der Waals surface area contributed by atoms with Gasteiger partial charge in [0.05, 0.1) is 12.2 Å². The number of carbonyl (C=O) groups excluding carboxylic acids is 1. The summed E-state index contributed by atoms with van der Waals surface area (Å²) in [5.74, 6) is -0.0602. The van der Waals surface area contributed by atoms with E-state index in [1.807, 2.05) is 30.3 Å². The van der Waals surface area contributed by atoms with Crippen molar-refractivity contribution >= 4 is 5.91 Å². The molecule has 1 aromatic rings. The van der Waals surface area contributed by atoms with Crippen molar-refractivity contribution in [3.63, 3.8) is 0 Å². The standard InChI is InChI=1S/C19H30N2O2/c1-14(2)23-16-12-18(3,4)21(19(5,6)13-16)20-17(22)15-10-8-7-9-11-15/h7-11,14,16H,12-13H2,1-6H3,(H,20,22). The number of hydrogen-bond acceptors (Lipinski definition) is 3. The van der Waals surface area contributed by atoms with Gasteiger partial charge in [-0.2, -0.15) is 0 Å². The highest BCUT2D eigenvalue weighted by atomic mass is 16.5. The first-order valence-corrected chi connectivity index (χ1v) is 8.44. The summed E-state index contributed by atoms with van der Waals surface area (Å²) < 4.78 is 6.06. The maximum atomic E-state index is 12.6. The van der Waals surface area contributed by atoms with E-state index in [1.165, 1.54) is 0 Å². The van der Waals surface area contributed by atoms with Crippen molar-refractivity contribution in [1.82, 2.24) is 10.4 Å². The zero-order chi connectivity index (χ0) is 17.3. The minimum Gasteiger partial charge on any atom is -0.375 e. The lowest BCUT2D eigenvalue weighted by atomic mass is 9.79. The van der Waals surface area contributed by atoms with Crippen molar-refractivity contribution in [3.8, 4) is 0 Å². The highest BCUT2D eigenvalue weighted by molar-refractivity contribution is 5.93. The van der Waals surface area contributed by atoms with Gasteiger partial charge in [0.15, 0.2) is 0 Å². The van der Waals surface area contributed by atoms with Crippen molar-refractivity contribution in [1.29, 1.82) is 0 Å². The Morgan fingerprint density at radius 2 is 1.65 bits per heavy atom. The Bertz CT molecular complexity index is 520. The third kappa shape index (κ3) is 4.33. The van der Waals surface area contributed by atoms with Gasteiger partial charge < -0.3 is 4.74 Å². The topological polar surface area (TPSA) is 41.6 Å². The van der Waals surface area contributed by atoms with E-state index in [9.17, 15) is 4.79 Å². The SMILES string of the molecule is CC(C)OC1CC(C)(C)N(NC(=O)c2ccccc2)C(C)(C)C1. The molecule has 0 saturated carbocycles. The van der Waals surface area contributed by atoms with Crippen molar-refractivity contribution in [2.45, 2.75) is 77.7 Å². The van der Waals surface area contributed by atoms with Crippen LogP contribution in [-0.2, 0) is 4.74 Å². The van der Waals surface area contributed by atoms with Crippen LogP contribution in [-0.4, -0.2) is 34.2 Å². The molecule has 1 fully saturated rings. The van der Waals surface area contributed by atoms with Crippen LogP contribution in [0.25, 0.3) is 0 Å². The fourth-order valence-corrected chi connectivity index (χ4v) is 3.73. The maximum Gasteiger partial charge on any atom is 0.265 e. The molecule has 0 spiro atoms. The van der Waals surface area contributed by atoms with Crippen LogP contribution >= 0.6 is 0 Å². The van der Waals surface area contributed by atoms with E-state index in [4.69, 9.17) is 4.74 Å². The monoisotopic (exact) mass is 318 g/mol. The molecule has 4 nitrogen and oxygen atoms in total. The number of piperidine rings is 1. The molecule has 2 rings (SSSR count). The van der Waals surface area contributed by atoms with Gasteiger partial charge in [0.2, 0.25) is 0 Å². The Hall–Kier alpha value is -1.39. The molecule has 0 radical (unpaired) electrons. The average molecular weight is 318 g/mol. The Morgan fingerprint density at radius 1 is 1.13 bits per heavy atom. The van der Waals surface area contributed by atoms with Crippen molar-refractivity contribution < 1.29 is 9.53 Å². The lowest BCUT2D eigenvalue weighted by Crippen LogP contribution is -2.68. The zero-order valence-electron chi connectivity index (χ0n) is 15.2. The third-order valence-electron chi connectivity index (χ3n) is 4.38. The third-order valence-corrected chi connectivity index (χ3v) is 4.38. The molecular weight excluding hydrogens is 288 g/mol. The van der Waals surface area contributed by atoms with Crippen LogP contribution < -0.4 is 5.43 Å². The van der Waals surface area contributed by atoms with Gasteiger partial charge in [-0.25, -0.2) is 5.01 Å². The highest BCUT2D eigenvalue weighted by Gasteiger charge is 2.47. The molecule has 1 saturated heterocycles. The zero-order valence-corrected chi connectivity index (χ0v) is 15.2. The molecule has 1 amide bonds. The van der Waals surface area contributed by atoms with E-state index in [0.717, 1.165) is 12.8 Å². The largest absolute Gasteiger partial charge is 0.375 e. The number of ether oxygens (including phenoxy) is 1. The molecule has 1 N–H and O–H groups in total. The van der Waals surface area contributed by atoms with Gasteiger partial charge >= 0.3 is 0 Å². The van der Waals surface area contributed by atoms with E-state index < -0.39 is 0 Å². The minimum atomic E-state index is -0.175. The van der Waals surface area contributed by atoms with Crippen LogP contribution in [0.5, 0.6) is 0 Å². The van der Waals surface area contributed by atoms with Gasteiger partial charge in [-0.1, -0.05) is 18.2 Å². The van der Waals surface area contributed by atoms with Crippen LogP contribution in [0.2, 0.25) is 0 Å².